The third-order valence-electron chi connectivity index (χ3n) is 3.26. The highest BCUT2D eigenvalue weighted by atomic mass is 35.5. The molecule has 0 unspecified atom stereocenters. The van der Waals surface area contributed by atoms with Crippen LogP contribution in [0.5, 0.6) is 0 Å². The van der Waals surface area contributed by atoms with E-state index in [1.54, 1.807) is 24.3 Å². The number of hydrogen-bond donors (Lipinski definition) is 2. The maximum atomic E-state index is 11.8. The zero-order valence-electron chi connectivity index (χ0n) is 12.3. The van der Waals surface area contributed by atoms with Gasteiger partial charge in [-0.05, 0) is 43.7 Å². The van der Waals surface area contributed by atoms with Gasteiger partial charge < -0.3 is 15.5 Å². The van der Waals surface area contributed by atoms with E-state index in [1.165, 1.54) is 6.07 Å². The highest BCUT2D eigenvalue weighted by Gasteiger charge is 2.04. The number of halogens is 1. The summed E-state index contributed by atoms with van der Waals surface area (Å²) in [7, 11) is 0. The molecule has 0 saturated heterocycles. The van der Waals surface area contributed by atoms with Gasteiger partial charge in [0.15, 0.2) is 0 Å². The van der Waals surface area contributed by atoms with E-state index in [-0.39, 0.29) is 23.9 Å². The molecule has 0 bridgehead atoms. The zero-order chi connectivity index (χ0) is 15.1. The van der Waals surface area contributed by atoms with Crippen LogP contribution in [0.4, 0.5) is 5.69 Å². The zero-order valence-corrected chi connectivity index (χ0v) is 13.2. The first kappa shape index (κ1) is 18.2. The predicted molar refractivity (Wildman–Crippen MR) is 90.5 cm³/mol. The second-order valence-corrected chi connectivity index (χ2v) is 5.01. The van der Waals surface area contributed by atoms with Gasteiger partial charge in [-0.3, -0.25) is 4.79 Å². The van der Waals surface area contributed by atoms with Gasteiger partial charge in [0.05, 0.1) is 0 Å². The fourth-order valence-corrected chi connectivity index (χ4v) is 2.16. The van der Waals surface area contributed by atoms with Gasteiger partial charge >= 0.3 is 5.63 Å². The predicted octanol–water partition coefficient (Wildman–Crippen LogP) is 3.06. The van der Waals surface area contributed by atoms with Crippen molar-refractivity contribution in [2.24, 2.45) is 5.73 Å². The summed E-state index contributed by atoms with van der Waals surface area (Å²) in [6.45, 7) is 0.708. The highest BCUT2D eigenvalue weighted by Crippen LogP contribution is 2.18. The maximum absolute atomic E-state index is 11.8. The normalized spacial score (nSPS) is 10.2. The first-order valence-corrected chi connectivity index (χ1v) is 7.23. The maximum Gasteiger partial charge on any atom is 0.336 e. The molecule has 0 spiro atoms. The van der Waals surface area contributed by atoms with Gasteiger partial charge in [0.25, 0.3) is 0 Å². The smallest absolute Gasteiger partial charge is 0.336 e. The molecule has 1 aromatic carbocycles. The fourth-order valence-electron chi connectivity index (χ4n) is 2.16. The van der Waals surface area contributed by atoms with Crippen LogP contribution in [0.25, 0.3) is 11.0 Å². The number of benzene rings is 1. The summed E-state index contributed by atoms with van der Waals surface area (Å²) in [6, 6.07) is 8.27. The molecular weight excluding hydrogens is 304 g/mol. The average molecular weight is 325 g/mol. The lowest BCUT2D eigenvalue weighted by Gasteiger charge is -2.06. The number of amides is 1. The lowest BCUT2D eigenvalue weighted by molar-refractivity contribution is -0.116. The molecular formula is C16H21ClN2O3. The van der Waals surface area contributed by atoms with Crippen molar-refractivity contribution in [3.63, 3.8) is 0 Å². The Labute approximate surface area is 135 Å². The summed E-state index contributed by atoms with van der Waals surface area (Å²) in [5, 5.41) is 3.64. The second-order valence-electron chi connectivity index (χ2n) is 5.01. The van der Waals surface area contributed by atoms with Crippen LogP contribution < -0.4 is 16.7 Å². The SMILES string of the molecule is Cl.NCCCCCCC(=O)Nc1ccc2oc(=O)ccc2c1. The van der Waals surface area contributed by atoms with Crippen molar-refractivity contribution in [1.82, 2.24) is 0 Å². The third-order valence-corrected chi connectivity index (χ3v) is 3.26. The van der Waals surface area contributed by atoms with Crippen LogP contribution >= 0.6 is 12.4 Å². The molecule has 120 valence electrons. The van der Waals surface area contributed by atoms with Gasteiger partial charge in [0.1, 0.15) is 5.58 Å². The Morgan fingerprint density at radius 1 is 1.09 bits per heavy atom. The highest BCUT2D eigenvalue weighted by molar-refractivity contribution is 5.93. The van der Waals surface area contributed by atoms with Crippen LogP contribution in [0.3, 0.4) is 0 Å². The second kappa shape index (κ2) is 9.23. The van der Waals surface area contributed by atoms with Gasteiger partial charge in [0.2, 0.25) is 5.91 Å². The molecule has 0 fully saturated rings. The lowest BCUT2D eigenvalue weighted by Crippen LogP contribution is -2.11. The van der Waals surface area contributed by atoms with Crippen molar-refractivity contribution in [3.8, 4) is 0 Å². The summed E-state index contributed by atoms with van der Waals surface area (Å²) in [6.07, 6.45) is 4.48. The first-order chi connectivity index (χ1) is 10.2. The Hall–Kier alpha value is -1.85. The molecule has 22 heavy (non-hydrogen) atoms. The molecule has 0 aliphatic heterocycles. The van der Waals surface area contributed by atoms with E-state index in [9.17, 15) is 9.59 Å². The number of fused-ring (bicyclic) bond motifs is 1. The molecule has 2 aromatic rings. The molecule has 5 nitrogen and oxygen atoms in total. The summed E-state index contributed by atoms with van der Waals surface area (Å²) in [5.74, 6) is -0.000479. The Bertz CT molecular complexity index is 670. The van der Waals surface area contributed by atoms with E-state index in [2.05, 4.69) is 5.32 Å². The molecule has 3 N–H and O–H groups in total. The van der Waals surface area contributed by atoms with Gasteiger partial charge in [0, 0.05) is 23.6 Å². The topological polar surface area (TPSA) is 85.3 Å². The van der Waals surface area contributed by atoms with E-state index in [1.807, 2.05) is 0 Å². The number of nitrogens with one attached hydrogen (secondary N) is 1. The Balaban J connectivity index is 0.00000242. The number of rotatable bonds is 7. The number of anilines is 1. The van der Waals surface area contributed by atoms with E-state index in [4.69, 9.17) is 10.2 Å². The number of hydrogen-bond acceptors (Lipinski definition) is 4. The minimum atomic E-state index is -0.378. The number of nitrogens with two attached hydrogens (primary N) is 1. The standard InChI is InChI=1S/C16H20N2O3.ClH/c17-10-4-2-1-3-5-15(19)18-13-7-8-14-12(11-13)6-9-16(20)21-14;/h6-9,11H,1-5,10,17H2,(H,18,19);1H. The van der Waals surface area contributed by atoms with E-state index in [0.717, 1.165) is 31.1 Å². The summed E-state index contributed by atoms with van der Waals surface area (Å²) in [4.78, 5) is 22.9. The Morgan fingerprint density at radius 3 is 2.64 bits per heavy atom. The molecule has 0 aliphatic carbocycles. The fraction of sp³-hybridized carbons (Fsp3) is 0.375. The molecule has 0 aliphatic rings. The van der Waals surface area contributed by atoms with Crippen molar-refractivity contribution in [2.75, 3.05) is 11.9 Å². The van der Waals surface area contributed by atoms with Crippen LogP contribution in [0, 0.1) is 0 Å². The molecule has 1 aromatic heterocycles. The summed E-state index contributed by atoms with van der Waals surface area (Å²) < 4.78 is 5.05. The van der Waals surface area contributed by atoms with Crippen molar-refractivity contribution < 1.29 is 9.21 Å². The summed E-state index contributed by atoms with van der Waals surface area (Å²) >= 11 is 0. The largest absolute Gasteiger partial charge is 0.423 e. The van der Waals surface area contributed by atoms with E-state index < -0.39 is 0 Å². The van der Waals surface area contributed by atoms with E-state index >= 15 is 0 Å². The molecule has 2 rings (SSSR count). The Kier molecular flexibility index (Phi) is 7.63. The van der Waals surface area contributed by atoms with Gasteiger partial charge in [-0.25, -0.2) is 4.79 Å². The first-order valence-electron chi connectivity index (χ1n) is 7.23. The molecule has 0 radical (unpaired) electrons. The van der Waals surface area contributed by atoms with Crippen LogP contribution in [-0.4, -0.2) is 12.5 Å². The minimum absolute atomic E-state index is 0. The third kappa shape index (κ3) is 5.50. The monoisotopic (exact) mass is 324 g/mol. The Morgan fingerprint density at radius 2 is 1.86 bits per heavy atom. The molecule has 0 saturated carbocycles. The van der Waals surface area contributed by atoms with Crippen molar-refractivity contribution >= 4 is 35.0 Å². The van der Waals surface area contributed by atoms with Crippen LogP contribution in [0.1, 0.15) is 32.1 Å². The van der Waals surface area contributed by atoms with Crippen LogP contribution in [0.2, 0.25) is 0 Å². The van der Waals surface area contributed by atoms with Gasteiger partial charge in [-0.15, -0.1) is 12.4 Å². The van der Waals surface area contributed by atoms with Crippen molar-refractivity contribution in [3.05, 3.63) is 40.8 Å². The number of unbranched alkanes of at least 4 members (excludes halogenated alkanes) is 3. The summed E-state index contributed by atoms with van der Waals surface area (Å²) in [5.41, 5.74) is 6.27. The average Bonchev–Trinajstić information content (AvgIpc) is 2.47. The number of carbonyl (C=O) groups is 1. The molecule has 6 heteroatoms. The molecule has 1 heterocycles. The van der Waals surface area contributed by atoms with Crippen molar-refractivity contribution in [2.45, 2.75) is 32.1 Å². The van der Waals surface area contributed by atoms with Crippen LogP contribution in [-0.2, 0) is 4.79 Å². The number of carbonyl (C=O) groups excluding carboxylic acids is 1. The molecule has 0 atom stereocenters. The van der Waals surface area contributed by atoms with E-state index in [0.29, 0.717) is 24.2 Å². The minimum Gasteiger partial charge on any atom is -0.423 e. The van der Waals surface area contributed by atoms with Crippen LogP contribution in [0.15, 0.2) is 39.5 Å². The van der Waals surface area contributed by atoms with Crippen molar-refractivity contribution in [1.29, 1.82) is 0 Å². The molecule has 1 amide bonds. The van der Waals surface area contributed by atoms with Gasteiger partial charge in [-0.2, -0.15) is 0 Å². The van der Waals surface area contributed by atoms with Gasteiger partial charge in [-0.1, -0.05) is 12.8 Å². The lowest BCUT2D eigenvalue weighted by atomic mass is 10.1. The quantitative estimate of drug-likeness (QED) is 0.605.